The Labute approximate surface area is 146 Å². The highest BCUT2D eigenvalue weighted by Crippen LogP contribution is 2.26. The smallest absolute Gasteiger partial charge is 0.243 e. The van der Waals surface area contributed by atoms with Gasteiger partial charge in [0, 0.05) is 16.0 Å². The third kappa shape index (κ3) is 4.09. The van der Waals surface area contributed by atoms with Gasteiger partial charge >= 0.3 is 0 Å². The minimum absolute atomic E-state index is 0.120. The average Bonchev–Trinajstić information content (AvgIpc) is 2.49. The van der Waals surface area contributed by atoms with E-state index in [2.05, 4.69) is 43.2 Å². The molecule has 0 aromatic heterocycles. The maximum absolute atomic E-state index is 12.1. The quantitative estimate of drug-likeness (QED) is 0.804. The second-order valence-electron chi connectivity index (χ2n) is 4.66. The van der Waals surface area contributed by atoms with Crippen LogP contribution in [0.25, 0.3) is 0 Å². The minimum atomic E-state index is -0.120. The monoisotopic (exact) mass is 421 g/mol. The van der Waals surface area contributed by atoms with E-state index in [-0.39, 0.29) is 12.5 Å². The number of nitrogens with one attached hydrogen (secondary N) is 1. The topological polar surface area (TPSA) is 56.1 Å². The molecule has 0 saturated carbocycles. The van der Waals surface area contributed by atoms with Gasteiger partial charge < -0.3 is 10.2 Å². The number of para-hydroxylation sites is 1. The van der Waals surface area contributed by atoms with Gasteiger partial charge in [0.1, 0.15) is 0 Å². The molecule has 0 radical (unpaired) electrons. The van der Waals surface area contributed by atoms with Gasteiger partial charge in [-0.3, -0.25) is 4.79 Å². The average molecular weight is 423 g/mol. The van der Waals surface area contributed by atoms with E-state index < -0.39 is 0 Å². The lowest BCUT2D eigenvalue weighted by Gasteiger charge is -2.20. The molecule has 0 unspecified atom stereocenters. The lowest BCUT2D eigenvalue weighted by molar-refractivity contribution is -0.114. The van der Waals surface area contributed by atoms with Crippen molar-refractivity contribution in [2.45, 2.75) is 0 Å². The Morgan fingerprint density at radius 1 is 1.23 bits per heavy atom. The van der Waals surface area contributed by atoms with Crippen LogP contribution in [0.2, 0.25) is 0 Å². The van der Waals surface area contributed by atoms with E-state index in [0.717, 1.165) is 20.3 Å². The Morgan fingerprint density at radius 3 is 2.59 bits per heavy atom. The van der Waals surface area contributed by atoms with E-state index in [1.807, 2.05) is 42.3 Å². The van der Waals surface area contributed by atoms with Crippen molar-refractivity contribution < 1.29 is 4.79 Å². The number of nitrogens with zero attached hydrogens (tertiary/aromatic N) is 2. The molecular formula is C16H13Br2N3O. The van der Waals surface area contributed by atoms with E-state index in [0.29, 0.717) is 5.56 Å². The van der Waals surface area contributed by atoms with Gasteiger partial charge in [0.05, 0.1) is 29.6 Å². The molecule has 0 atom stereocenters. The summed E-state index contributed by atoms with van der Waals surface area (Å²) in [5.41, 5.74) is 2.16. The Morgan fingerprint density at radius 2 is 1.95 bits per heavy atom. The number of amides is 1. The van der Waals surface area contributed by atoms with Crippen molar-refractivity contribution in [1.29, 1.82) is 5.26 Å². The molecule has 2 rings (SSSR count). The van der Waals surface area contributed by atoms with Crippen LogP contribution in [0.15, 0.2) is 51.4 Å². The van der Waals surface area contributed by atoms with Crippen molar-refractivity contribution in [3.63, 3.8) is 0 Å². The largest absolute Gasteiger partial charge is 0.364 e. The zero-order valence-electron chi connectivity index (χ0n) is 11.8. The number of nitriles is 1. The molecule has 0 aliphatic rings. The first kappa shape index (κ1) is 16.5. The molecule has 112 valence electrons. The molecule has 0 heterocycles. The van der Waals surface area contributed by atoms with Crippen molar-refractivity contribution in [3.8, 4) is 6.07 Å². The van der Waals surface area contributed by atoms with E-state index in [9.17, 15) is 4.79 Å². The molecule has 0 fully saturated rings. The summed E-state index contributed by atoms with van der Waals surface area (Å²) in [6.45, 7) is 0.200. The normalized spacial score (nSPS) is 9.91. The molecule has 0 aliphatic carbocycles. The van der Waals surface area contributed by atoms with Gasteiger partial charge in [-0.2, -0.15) is 5.26 Å². The second kappa shape index (κ2) is 7.43. The van der Waals surface area contributed by atoms with Crippen LogP contribution in [0, 0.1) is 11.3 Å². The molecule has 2 aromatic rings. The van der Waals surface area contributed by atoms with Crippen molar-refractivity contribution in [2.75, 3.05) is 23.8 Å². The molecule has 22 heavy (non-hydrogen) atoms. The first-order valence-corrected chi connectivity index (χ1v) is 8.05. The van der Waals surface area contributed by atoms with Crippen molar-refractivity contribution in [2.24, 2.45) is 0 Å². The lowest BCUT2D eigenvalue weighted by Crippen LogP contribution is -2.30. The maximum atomic E-state index is 12.1. The Kier molecular flexibility index (Phi) is 5.58. The Balaban J connectivity index is 2.06. The van der Waals surface area contributed by atoms with E-state index in [4.69, 9.17) is 5.26 Å². The Bertz CT molecular complexity index is 740. The Hall–Kier alpha value is -1.84. The van der Waals surface area contributed by atoms with Gasteiger partial charge in [0.15, 0.2) is 0 Å². The van der Waals surface area contributed by atoms with Gasteiger partial charge in [-0.15, -0.1) is 0 Å². The first-order valence-electron chi connectivity index (χ1n) is 6.46. The minimum Gasteiger partial charge on any atom is -0.364 e. The summed E-state index contributed by atoms with van der Waals surface area (Å²) in [4.78, 5) is 14.0. The predicted molar refractivity (Wildman–Crippen MR) is 94.9 cm³/mol. The fourth-order valence-electron chi connectivity index (χ4n) is 1.94. The van der Waals surface area contributed by atoms with Gasteiger partial charge in [0.2, 0.25) is 5.91 Å². The molecule has 4 nitrogen and oxygen atoms in total. The van der Waals surface area contributed by atoms with Crippen LogP contribution < -0.4 is 10.2 Å². The van der Waals surface area contributed by atoms with E-state index >= 15 is 0 Å². The SMILES string of the molecule is CN(CC(=O)Nc1ccccc1Br)c1ccc(C#N)cc1Br. The lowest BCUT2D eigenvalue weighted by atomic mass is 10.2. The van der Waals surface area contributed by atoms with Crippen molar-refractivity contribution in [3.05, 3.63) is 57.0 Å². The second-order valence-corrected chi connectivity index (χ2v) is 6.37. The third-order valence-corrected chi connectivity index (χ3v) is 4.34. The van der Waals surface area contributed by atoms with Crippen LogP contribution in [0.5, 0.6) is 0 Å². The number of carbonyl (C=O) groups is 1. The molecule has 2 aromatic carbocycles. The summed E-state index contributed by atoms with van der Waals surface area (Å²) in [6.07, 6.45) is 0. The fourth-order valence-corrected chi connectivity index (χ4v) is 3.00. The highest BCUT2D eigenvalue weighted by molar-refractivity contribution is 9.11. The number of hydrogen-bond acceptors (Lipinski definition) is 3. The summed E-state index contributed by atoms with van der Waals surface area (Å²) >= 11 is 6.82. The van der Waals surface area contributed by atoms with Gasteiger partial charge in [-0.25, -0.2) is 0 Å². The molecule has 1 N–H and O–H groups in total. The van der Waals surface area contributed by atoms with Gasteiger partial charge in [-0.1, -0.05) is 12.1 Å². The van der Waals surface area contributed by atoms with E-state index in [1.54, 1.807) is 12.1 Å². The standard InChI is InChI=1S/C16H13Br2N3O/c1-21(15-7-6-11(9-19)8-13(15)18)10-16(22)20-14-5-3-2-4-12(14)17/h2-8H,10H2,1H3,(H,20,22). The van der Waals surface area contributed by atoms with Crippen molar-refractivity contribution in [1.82, 2.24) is 0 Å². The summed E-state index contributed by atoms with van der Waals surface area (Å²) in [6, 6.07) is 14.8. The highest BCUT2D eigenvalue weighted by atomic mass is 79.9. The zero-order valence-corrected chi connectivity index (χ0v) is 15.0. The third-order valence-electron chi connectivity index (χ3n) is 3.02. The van der Waals surface area contributed by atoms with Crippen LogP contribution in [0.1, 0.15) is 5.56 Å². The number of likely N-dealkylation sites (N-methyl/N-ethyl adjacent to an activating group) is 1. The number of rotatable bonds is 4. The predicted octanol–water partition coefficient (Wildman–Crippen LogP) is 4.16. The van der Waals surface area contributed by atoms with E-state index in [1.165, 1.54) is 0 Å². The van der Waals surface area contributed by atoms with Crippen LogP contribution >= 0.6 is 31.9 Å². The van der Waals surface area contributed by atoms with Crippen LogP contribution in [0.4, 0.5) is 11.4 Å². The summed E-state index contributed by atoms with van der Waals surface area (Å²) in [5.74, 6) is -0.120. The molecule has 0 spiro atoms. The molecular weight excluding hydrogens is 410 g/mol. The molecule has 6 heteroatoms. The summed E-state index contributed by atoms with van der Waals surface area (Å²) < 4.78 is 1.62. The first-order chi connectivity index (χ1) is 10.5. The fraction of sp³-hybridized carbons (Fsp3) is 0.125. The maximum Gasteiger partial charge on any atom is 0.243 e. The van der Waals surface area contributed by atoms with Crippen molar-refractivity contribution >= 4 is 49.1 Å². The molecule has 0 saturated heterocycles. The number of carbonyl (C=O) groups excluding carboxylic acids is 1. The molecule has 1 amide bonds. The van der Waals surface area contributed by atoms with Gasteiger partial charge in [-0.05, 0) is 62.2 Å². The molecule has 0 aliphatic heterocycles. The number of benzene rings is 2. The zero-order chi connectivity index (χ0) is 16.1. The highest BCUT2D eigenvalue weighted by Gasteiger charge is 2.12. The van der Waals surface area contributed by atoms with Crippen LogP contribution in [0.3, 0.4) is 0 Å². The number of halogens is 2. The van der Waals surface area contributed by atoms with Crippen LogP contribution in [-0.2, 0) is 4.79 Å². The number of hydrogen-bond donors (Lipinski definition) is 1. The summed E-state index contributed by atoms with van der Waals surface area (Å²) in [5, 5.41) is 11.7. The van der Waals surface area contributed by atoms with Crippen LogP contribution in [-0.4, -0.2) is 19.5 Å². The van der Waals surface area contributed by atoms with Gasteiger partial charge in [0.25, 0.3) is 0 Å². The summed E-state index contributed by atoms with van der Waals surface area (Å²) in [7, 11) is 1.83. The number of anilines is 2. The molecule has 0 bridgehead atoms.